The van der Waals surface area contributed by atoms with Gasteiger partial charge in [-0.05, 0) is 52.7 Å². The Labute approximate surface area is 312 Å². The number of rotatable bonds is 17. The van der Waals surface area contributed by atoms with Gasteiger partial charge in [-0.1, -0.05) is 85.4 Å². The van der Waals surface area contributed by atoms with Gasteiger partial charge in [0.2, 0.25) is 15.9 Å². The number of fused-ring (bicyclic) bond motifs is 1. The number of hydrogen-bond donors (Lipinski definition) is 3. The summed E-state index contributed by atoms with van der Waals surface area (Å²) in [5, 5.41) is 12.3. The number of allylic oxidation sites excluding steroid dienone is 2. The molecule has 0 aliphatic carbocycles. The Balaban J connectivity index is 1.14. The van der Waals surface area contributed by atoms with E-state index in [1.54, 1.807) is 26.0 Å². The molecule has 3 N–H and O–H groups in total. The minimum Gasteiger partial charge on any atom is -0.463 e. The topological polar surface area (TPSA) is 143 Å². The van der Waals surface area contributed by atoms with Crippen LogP contribution in [-0.2, 0) is 24.3 Å². The number of benzene rings is 3. The minimum absolute atomic E-state index is 0.194. The highest BCUT2D eigenvalue weighted by Gasteiger charge is 2.40. The summed E-state index contributed by atoms with van der Waals surface area (Å²) in [7, 11) is 0.225. The van der Waals surface area contributed by atoms with Crippen LogP contribution in [0.15, 0.2) is 98.7 Å². The molecule has 0 bridgehead atoms. The predicted octanol–water partition coefficient (Wildman–Crippen LogP) is 7.10. The number of aromatic nitrogens is 1. The smallest absolute Gasteiger partial charge is 0.336 e. The van der Waals surface area contributed by atoms with Gasteiger partial charge in [-0.25, -0.2) is 17.9 Å². The summed E-state index contributed by atoms with van der Waals surface area (Å²) in [6, 6.07) is 20.7. The van der Waals surface area contributed by atoms with E-state index >= 15 is 0 Å². The highest BCUT2D eigenvalue weighted by molar-refractivity contribution is 7.89. The summed E-state index contributed by atoms with van der Waals surface area (Å²) in [6.45, 7) is 8.22. The second kappa shape index (κ2) is 17.7. The summed E-state index contributed by atoms with van der Waals surface area (Å²) < 4.78 is 40.4. The minimum atomic E-state index is -3.66. The van der Waals surface area contributed by atoms with Gasteiger partial charge in [0.15, 0.2) is 0 Å². The Bertz CT molecular complexity index is 2100. The first kappa shape index (κ1) is 39.3. The molecule has 53 heavy (non-hydrogen) atoms. The largest absolute Gasteiger partial charge is 0.463 e. The molecule has 0 saturated heterocycles. The summed E-state index contributed by atoms with van der Waals surface area (Å²) in [5.41, 5.74) is 5.04. The highest BCUT2D eigenvalue weighted by atomic mass is 32.2. The van der Waals surface area contributed by atoms with Crippen molar-refractivity contribution in [2.24, 2.45) is 0 Å². The fraction of sp³-hybridized carbons (Fsp3) is 0.390. The van der Waals surface area contributed by atoms with Crippen molar-refractivity contribution in [2.75, 3.05) is 38.7 Å². The number of amides is 1. The van der Waals surface area contributed by atoms with E-state index in [9.17, 15) is 18.0 Å². The number of carbonyl (C=O) groups is 2. The van der Waals surface area contributed by atoms with Crippen LogP contribution >= 0.6 is 0 Å². The lowest BCUT2D eigenvalue weighted by atomic mass is 9.78. The van der Waals surface area contributed by atoms with Crippen molar-refractivity contribution in [1.82, 2.24) is 20.5 Å². The number of nitrogens with zero attached hydrogens (tertiary/aromatic N) is 2. The third kappa shape index (κ3) is 9.00. The van der Waals surface area contributed by atoms with Crippen molar-refractivity contribution >= 4 is 38.4 Å². The molecule has 2 heterocycles. The zero-order valence-electron chi connectivity index (χ0n) is 31.5. The zero-order chi connectivity index (χ0) is 38.1. The van der Waals surface area contributed by atoms with Crippen LogP contribution < -0.4 is 20.3 Å². The van der Waals surface area contributed by atoms with E-state index in [1.807, 2.05) is 87.4 Å². The summed E-state index contributed by atoms with van der Waals surface area (Å²) in [4.78, 5) is 29.6. The van der Waals surface area contributed by atoms with Gasteiger partial charge < -0.3 is 24.8 Å². The van der Waals surface area contributed by atoms with Crippen LogP contribution in [0.1, 0.15) is 76.5 Å². The van der Waals surface area contributed by atoms with Gasteiger partial charge in [0.05, 0.1) is 23.0 Å². The number of esters is 1. The molecule has 1 amide bonds. The lowest BCUT2D eigenvalue weighted by Crippen LogP contribution is -2.37. The molecule has 282 valence electrons. The van der Waals surface area contributed by atoms with Crippen molar-refractivity contribution in [3.63, 3.8) is 0 Å². The standard InChI is InChI=1S/C41H51N5O6S/c1-7-51-41(48)36-28(3)44-27(2)35(38(36)37-29(4)52-45-39(37)30-19-13-12-14-20-30)40(47)42-25-15-10-8-9-11-16-26-43-53(49,50)34-24-18-21-31-32(34)22-17-23-33(31)46(5)6/h12-14,17-24,38,43-44H,7-11,15-16,25-26H2,1-6H3,(H,42,47). The number of hydrogen-bond acceptors (Lipinski definition) is 9. The molecule has 5 rings (SSSR count). The molecule has 1 atom stereocenters. The monoisotopic (exact) mass is 741 g/mol. The van der Waals surface area contributed by atoms with E-state index in [2.05, 4.69) is 20.5 Å². The van der Waals surface area contributed by atoms with Crippen molar-refractivity contribution < 1.29 is 27.3 Å². The number of unbranched alkanes of at least 4 members (excludes halogenated alkanes) is 5. The lowest BCUT2D eigenvalue weighted by molar-refractivity contribution is -0.138. The van der Waals surface area contributed by atoms with Gasteiger partial charge in [-0.2, -0.15) is 0 Å². The molecule has 1 aliphatic rings. The first-order valence-electron chi connectivity index (χ1n) is 18.3. The zero-order valence-corrected chi connectivity index (χ0v) is 32.4. The molecule has 0 fully saturated rings. The Kier molecular flexibility index (Phi) is 13.1. The summed E-state index contributed by atoms with van der Waals surface area (Å²) in [6.07, 6.45) is 5.22. The first-order chi connectivity index (χ1) is 25.5. The molecule has 4 aromatic rings. The number of carbonyl (C=O) groups excluding carboxylic acids is 2. The van der Waals surface area contributed by atoms with Crippen LogP contribution in [0.4, 0.5) is 5.69 Å². The lowest BCUT2D eigenvalue weighted by Gasteiger charge is -2.31. The Morgan fingerprint density at radius 1 is 0.830 bits per heavy atom. The molecule has 3 aromatic carbocycles. The third-order valence-corrected chi connectivity index (χ3v) is 11.1. The van der Waals surface area contributed by atoms with Gasteiger partial charge in [0, 0.05) is 71.7 Å². The fourth-order valence-corrected chi connectivity index (χ4v) is 8.31. The van der Waals surface area contributed by atoms with E-state index in [0.717, 1.165) is 55.2 Å². The van der Waals surface area contributed by atoms with E-state index in [1.165, 1.54) is 0 Å². The number of ether oxygens (including phenoxy) is 1. The maximum absolute atomic E-state index is 13.9. The molecule has 1 unspecified atom stereocenters. The molecular formula is C41H51N5O6S. The predicted molar refractivity (Wildman–Crippen MR) is 209 cm³/mol. The van der Waals surface area contributed by atoms with Crippen LogP contribution in [0, 0.1) is 6.92 Å². The molecule has 1 aliphatic heterocycles. The van der Waals surface area contributed by atoms with Crippen molar-refractivity contribution in [1.29, 1.82) is 0 Å². The third-order valence-electron chi connectivity index (χ3n) is 9.56. The van der Waals surface area contributed by atoms with Crippen LogP contribution in [0.5, 0.6) is 0 Å². The second-order valence-corrected chi connectivity index (χ2v) is 15.3. The Morgan fingerprint density at radius 2 is 1.47 bits per heavy atom. The second-order valence-electron chi connectivity index (χ2n) is 13.5. The SMILES string of the molecule is CCOC(=O)C1=C(C)NC(C)=C(C(=O)NCCCCCCCCNS(=O)(=O)c2cccc3c(N(C)C)cccc23)C1c1c(-c2ccccc2)noc1C. The Morgan fingerprint density at radius 3 is 2.17 bits per heavy atom. The quantitative estimate of drug-likeness (QED) is 0.0763. The Hall–Kier alpha value is -4.94. The number of sulfonamides is 1. The normalized spacial score (nSPS) is 14.7. The van der Waals surface area contributed by atoms with Gasteiger partial charge in [-0.3, -0.25) is 4.79 Å². The molecule has 0 spiro atoms. The summed E-state index contributed by atoms with van der Waals surface area (Å²) in [5.74, 6) is -1.00. The van der Waals surface area contributed by atoms with Gasteiger partial charge >= 0.3 is 5.97 Å². The number of aryl methyl sites for hydroxylation is 1. The van der Waals surface area contributed by atoms with Crippen molar-refractivity contribution in [2.45, 2.75) is 77.0 Å². The van der Waals surface area contributed by atoms with Crippen LogP contribution in [0.3, 0.4) is 0 Å². The van der Waals surface area contributed by atoms with Crippen molar-refractivity contribution in [3.8, 4) is 11.3 Å². The van der Waals surface area contributed by atoms with Gasteiger partial charge in [0.1, 0.15) is 11.5 Å². The van der Waals surface area contributed by atoms with Crippen LogP contribution in [0.2, 0.25) is 0 Å². The van der Waals surface area contributed by atoms with Crippen LogP contribution in [0.25, 0.3) is 22.0 Å². The molecule has 11 nitrogen and oxygen atoms in total. The van der Waals surface area contributed by atoms with E-state index in [-0.39, 0.29) is 12.5 Å². The van der Waals surface area contributed by atoms with Gasteiger partial charge in [-0.15, -0.1) is 0 Å². The average molecular weight is 742 g/mol. The fourth-order valence-electron chi connectivity index (χ4n) is 7.01. The molecule has 1 aromatic heterocycles. The number of dihydropyridines is 1. The van der Waals surface area contributed by atoms with E-state index < -0.39 is 21.9 Å². The van der Waals surface area contributed by atoms with E-state index in [4.69, 9.17) is 9.26 Å². The molecule has 12 heteroatoms. The maximum Gasteiger partial charge on any atom is 0.336 e. The van der Waals surface area contributed by atoms with E-state index in [0.29, 0.717) is 62.9 Å². The highest BCUT2D eigenvalue weighted by Crippen LogP contribution is 2.44. The molecule has 0 radical (unpaired) electrons. The number of nitrogens with one attached hydrogen (secondary N) is 3. The average Bonchev–Trinajstić information content (AvgIpc) is 3.52. The van der Waals surface area contributed by atoms with Crippen LogP contribution in [-0.4, -0.2) is 59.2 Å². The molecular weight excluding hydrogens is 691 g/mol. The number of anilines is 1. The molecule has 0 saturated carbocycles. The maximum atomic E-state index is 13.9. The van der Waals surface area contributed by atoms with Gasteiger partial charge in [0.25, 0.3) is 0 Å². The summed E-state index contributed by atoms with van der Waals surface area (Å²) >= 11 is 0. The first-order valence-corrected chi connectivity index (χ1v) is 19.8. The van der Waals surface area contributed by atoms with Crippen molar-refractivity contribution in [3.05, 3.63) is 101 Å².